The summed E-state index contributed by atoms with van der Waals surface area (Å²) in [7, 11) is 1.66. The number of carbonyl (C=O) groups is 1. The van der Waals surface area contributed by atoms with Crippen LogP contribution in [0.1, 0.15) is 24.0 Å². The number of ether oxygens (including phenoxy) is 1. The van der Waals surface area contributed by atoms with Crippen LogP contribution in [0.25, 0.3) is 16.2 Å². The number of amides is 1. The number of fused-ring (bicyclic) bond motifs is 1. The van der Waals surface area contributed by atoms with Gasteiger partial charge in [-0.15, -0.1) is 5.10 Å². The topological polar surface area (TPSA) is 71.8 Å². The number of nitrogens with zero attached hydrogens (tertiary/aromatic N) is 4. The number of hydrogen-bond donors (Lipinski definition) is 1. The maximum atomic E-state index is 13.0. The lowest BCUT2D eigenvalue weighted by Crippen LogP contribution is -2.40. The van der Waals surface area contributed by atoms with Crippen LogP contribution in [0.2, 0.25) is 0 Å². The van der Waals surface area contributed by atoms with Crippen LogP contribution < -0.4 is 15.0 Å². The molecule has 4 aromatic rings. The van der Waals surface area contributed by atoms with E-state index in [1.165, 1.54) is 0 Å². The Morgan fingerprint density at radius 1 is 1.18 bits per heavy atom. The second kappa shape index (κ2) is 8.86. The minimum Gasteiger partial charge on any atom is -0.497 e. The number of imidazole rings is 1. The number of rotatable bonds is 5. The van der Waals surface area contributed by atoms with Gasteiger partial charge in [-0.3, -0.25) is 4.79 Å². The number of piperidine rings is 1. The number of benzene rings is 2. The summed E-state index contributed by atoms with van der Waals surface area (Å²) in [6, 6.07) is 14.0. The molecule has 2 aromatic carbocycles. The first-order chi connectivity index (χ1) is 16.0. The Morgan fingerprint density at radius 3 is 2.76 bits per heavy atom. The fourth-order valence-electron chi connectivity index (χ4n) is 4.19. The smallest absolute Gasteiger partial charge is 0.229 e. The molecule has 0 aliphatic carbocycles. The van der Waals surface area contributed by atoms with Crippen molar-refractivity contribution in [3.63, 3.8) is 0 Å². The van der Waals surface area contributed by atoms with E-state index in [9.17, 15) is 4.79 Å². The van der Waals surface area contributed by atoms with Gasteiger partial charge in [-0.25, -0.2) is 9.50 Å². The molecule has 2 aromatic heterocycles. The first-order valence-corrected chi connectivity index (χ1v) is 12.0. The maximum absolute atomic E-state index is 13.0. The van der Waals surface area contributed by atoms with E-state index >= 15 is 0 Å². The Labute approximate surface area is 197 Å². The van der Waals surface area contributed by atoms with E-state index in [1.807, 2.05) is 61.0 Å². The molecule has 0 radical (unpaired) electrons. The van der Waals surface area contributed by atoms with Gasteiger partial charge in [0.05, 0.1) is 24.9 Å². The number of methoxy groups -OCH3 is 1. The molecule has 1 atom stereocenters. The number of aromatic nitrogens is 3. The highest BCUT2D eigenvalue weighted by Crippen LogP contribution is 2.31. The Kier molecular flexibility index (Phi) is 5.76. The van der Waals surface area contributed by atoms with Crippen molar-refractivity contribution in [2.24, 2.45) is 5.92 Å². The minimum absolute atomic E-state index is 0.0651. The number of anilines is 2. The van der Waals surface area contributed by atoms with Gasteiger partial charge in [0.25, 0.3) is 0 Å². The average Bonchev–Trinajstić information content (AvgIpc) is 3.41. The number of carbonyl (C=O) groups excluding carboxylic acids is 1. The Balaban J connectivity index is 1.29. The van der Waals surface area contributed by atoms with Crippen molar-refractivity contribution in [2.75, 3.05) is 30.4 Å². The Hall–Kier alpha value is -3.39. The van der Waals surface area contributed by atoms with E-state index in [-0.39, 0.29) is 11.8 Å². The zero-order chi connectivity index (χ0) is 22.9. The van der Waals surface area contributed by atoms with Gasteiger partial charge in [0.1, 0.15) is 5.75 Å². The van der Waals surface area contributed by atoms with Gasteiger partial charge < -0.3 is 15.0 Å². The summed E-state index contributed by atoms with van der Waals surface area (Å²) in [6.07, 6.45) is 3.80. The Morgan fingerprint density at radius 2 is 2.00 bits per heavy atom. The van der Waals surface area contributed by atoms with Gasteiger partial charge in [-0.1, -0.05) is 23.5 Å². The predicted octanol–water partition coefficient (Wildman–Crippen LogP) is 4.94. The molecular formula is C25H27N5O2S. The molecular weight excluding hydrogens is 434 g/mol. The van der Waals surface area contributed by atoms with E-state index in [1.54, 1.807) is 18.4 Å². The van der Waals surface area contributed by atoms with Crippen molar-refractivity contribution in [2.45, 2.75) is 26.7 Å². The first-order valence-electron chi connectivity index (χ1n) is 11.1. The van der Waals surface area contributed by atoms with Crippen LogP contribution >= 0.6 is 11.3 Å². The molecule has 1 aliphatic heterocycles. The highest BCUT2D eigenvalue weighted by atomic mass is 32.1. The molecule has 0 bridgehead atoms. The summed E-state index contributed by atoms with van der Waals surface area (Å²) in [5.41, 5.74) is 5.02. The van der Waals surface area contributed by atoms with Crippen LogP contribution in [-0.4, -0.2) is 40.7 Å². The summed E-state index contributed by atoms with van der Waals surface area (Å²) in [5, 5.41) is 8.81. The fourth-order valence-corrected chi connectivity index (χ4v) is 5.11. The predicted molar refractivity (Wildman–Crippen MR) is 132 cm³/mol. The molecule has 0 spiro atoms. The van der Waals surface area contributed by atoms with E-state index in [0.717, 1.165) is 63.3 Å². The van der Waals surface area contributed by atoms with Crippen molar-refractivity contribution in [3.05, 3.63) is 59.8 Å². The SMILES string of the molecule is COc1ccc(-c2cn3nc(N4CCC[C@@H](C(=O)Nc5cc(C)ccc5C)C4)sc3n2)cc1. The highest BCUT2D eigenvalue weighted by Gasteiger charge is 2.28. The van der Waals surface area contributed by atoms with E-state index in [0.29, 0.717) is 6.54 Å². The van der Waals surface area contributed by atoms with Crippen LogP contribution in [0.5, 0.6) is 5.75 Å². The fraction of sp³-hybridized carbons (Fsp3) is 0.320. The van der Waals surface area contributed by atoms with Crippen molar-refractivity contribution >= 4 is 33.0 Å². The zero-order valence-corrected chi connectivity index (χ0v) is 19.9. The van der Waals surface area contributed by atoms with Gasteiger partial charge in [0, 0.05) is 24.3 Å². The molecule has 1 aliphatic rings. The maximum Gasteiger partial charge on any atom is 0.229 e. The summed E-state index contributed by atoms with van der Waals surface area (Å²) < 4.78 is 7.06. The summed E-state index contributed by atoms with van der Waals surface area (Å²) in [4.78, 5) is 20.8. The molecule has 1 fully saturated rings. The third-order valence-electron chi connectivity index (χ3n) is 6.13. The van der Waals surface area contributed by atoms with Crippen LogP contribution in [0.3, 0.4) is 0 Å². The quantitative estimate of drug-likeness (QED) is 0.456. The molecule has 0 unspecified atom stereocenters. The van der Waals surface area contributed by atoms with Crippen LogP contribution in [-0.2, 0) is 4.79 Å². The summed E-state index contributed by atoms with van der Waals surface area (Å²) >= 11 is 1.56. The monoisotopic (exact) mass is 461 g/mol. The number of hydrogen-bond acceptors (Lipinski definition) is 6. The summed E-state index contributed by atoms with van der Waals surface area (Å²) in [5.74, 6) is 0.836. The van der Waals surface area contributed by atoms with E-state index in [2.05, 4.69) is 16.3 Å². The zero-order valence-electron chi connectivity index (χ0n) is 19.0. The second-order valence-electron chi connectivity index (χ2n) is 8.56. The van der Waals surface area contributed by atoms with Gasteiger partial charge in [-0.2, -0.15) is 0 Å². The number of nitrogens with one attached hydrogen (secondary N) is 1. The largest absolute Gasteiger partial charge is 0.497 e. The summed E-state index contributed by atoms with van der Waals surface area (Å²) in [6.45, 7) is 5.62. The molecule has 7 nitrogen and oxygen atoms in total. The number of aryl methyl sites for hydroxylation is 2. The van der Waals surface area contributed by atoms with Crippen molar-refractivity contribution in [3.8, 4) is 17.0 Å². The lowest BCUT2D eigenvalue weighted by Gasteiger charge is -2.31. The normalized spacial score (nSPS) is 16.2. The molecule has 1 N–H and O–H groups in total. The first kappa shape index (κ1) is 21.5. The Bertz CT molecular complexity index is 1260. The van der Waals surface area contributed by atoms with Crippen molar-refractivity contribution in [1.29, 1.82) is 0 Å². The molecule has 1 amide bonds. The molecule has 33 heavy (non-hydrogen) atoms. The average molecular weight is 462 g/mol. The molecule has 5 rings (SSSR count). The lowest BCUT2D eigenvalue weighted by atomic mass is 9.97. The standard InChI is InChI=1S/C25H27N5O2S/c1-16-6-7-17(2)21(13-16)26-23(31)19-5-4-12-29(14-19)25-28-30-15-22(27-24(30)33-25)18-8-10-20(32-3)11-9-18/h6-11,13,15,19H,4-5,12,14H2,1-3H3,(H,26,31)/t19-/m1/s1. The van der Waals surface area contributed by atoms with Crippen LogP contribution in [0.15, 0.2) is 48.7 Å². The molecule has 1 saturated heterocycles. The van der Waals surface area contributed by atoms with Crippen molar-refractivity contribution < 1.29 is 9.53 Å². The van der Waals surface area contributed by atoms with Gasteiger partial charge >= 0.3 is 0 Å². The van der Waals surface area contributed by atoms with Crippen LogP contribution in [0, 0.1) is 19.8 Å². The minimum atomic E-state index is -0.0651. The van der Waals surface area contributed by atoms with Crippen molar-refractivity contribution in [1.82, 2.24) is 14.6 Å². The molecule has 8 heteroatoms. The van der Waals surface area contributed by atoms with Gasteiger partial charge in [0.2, 0.25) is 16.0 Å². The molecule has 3 heterocycles. The van der Waals surface area contributed by atoms with Crippen LogP contribution in [0.4, 0.5) is 10.8 Å². The third kappa shape index (κ3) is 4.43. The van der Waals surface area contributed by atoms with Gasteiger partial charge in [-0.05, 0) is 68.1 Å². The third-order valence-corrected chi connectivity index (χ3v) is 7.12. The molecule has 170 valence electrons. The molecule has 0 saturated carbocycles. The van der Waals surface area contributed by atoms with Gasteiger partial charge in [0.15, 0.2) is 0 Å². The highest BCUT2D eigenvalue weighted by molar-refractivity contribution is 7.20. The second-order valence-corrected chi connectivity index (χ2v) is 9.49. The van der Waals surface area contributed by atoms with E-state index in [4.69, 9.17) is 14.8 Å². The van der Waals surface area contributed by atoms with E-state index < -0.39 is 0 Å². The lowest BCUT2D eigenvalue weighted by molar-refractivity contribution is -0.120.